The Labute approximate surface area is 162 Å². The fraction of sp³-hybridized carbons (Fsp3) is 0.870. The van der Waals surface area contributed by atoms with Crippen LogP contribution >= 0.6 is 0 Å². The van der Waals surface area contributed by atoms with Crippen molar-refractivity contribution in [3.05, 3.63) is 12.2 Å². The molecule has 0 aliphatic rings. The van der Waals surface area contributed by atoms with Gasteiger partial charge in [-0.2, -0.15) is 0 Å². The maximum absolute atomic E-state index is 12.5. The minimum atomic E-state index is -0.567. The van der Waals surface area contributed by atoms with E-state index in [0.29, 0.717) is 12.2 Å². The van der Waals surface area contributed by atoms with Crippen LogP contribution in [0.25, 0.3) is 0 Å². The highest BCUT2D eigenvalue weighted by atomic mass is 16.6. The zero-order valence-corrected chi connectivity index (χ0v) is 18.4. The third-order valence-electron chi connectivity index (χ3n) is 5.62. The van der Waals surface area contributed by atoms with E-state index in [0.717, 1.165) is 38.5 Å². The van der Waals surface area contributed by atoms with Crippen molar-refractivity contribution in [2.75, 3.05) is 6.61 Å². The third-order valence-corrected chi connectivity index (χ3v) is 5.62. The van der Waals surface area contributed by atoms with Crippen LogP contribution in [-0.4, -0.2) is 23.8 Å². The van der Waals surface area contributed by atoms with Gasteiger partial charge >= 0.3 is 5.97 Å². The van der Waals surface area contributed by atoms with E-state index in [-0.39, 0.29) is 5.97 Å². The lowest BCUT2D eigenvalue weighted by Crippen LogP contribution is -2.58. The van der Waals surface area contributed by atoms with Crippen LogP contribution in [0.5, 0.6) is 0 Å². The molecule has 154 valence electrons. The average Bonchev–Trinajstić information content (AvgIpc) is 2.62. The lowest BCUT2D eigenvalue weighted by molar-refractivity contribution is -0.217. The van der Waals surface area contributed by atoms with Gasteiger partial charge in [0.15, 0.2) is 0 Å². The molecule has 26 heavy (non-hydrogen) atoms. The molecule has 0 bridgehead atoms. The van der Waals surface area contributed by atoms with Gasteiger partial charge in [0.05, 0.1) is 0 Å². The molecule has 0 aromatic heterocycles. The summed E-state index contributed by atoms with van der Waals surface area (Å²) in [6.45, 7) is 16.9. The lowest BCUT2D eigenvalue weighted by atomic mass is 9.72. The summed E-state index contributed by atoms with van der Waals surface area (Å²) in [4.78, 5) is 12.5. The van der Waals surface area contributed by atoms with Gasteiger partial charge in [-0.05, 0) is 46.0 Å². The van der Waals surface area contributed by atoms with Gasteiger partial charge in [0.2, 0.25) is 0 Å². The van der Waals surface area contributed by atoms with Gasteiger partial charge in [-0.1, -0.05) is 72.8 Å². The van der Waals surface area contributed by atoms with Gasteiger partial charge in [0.25, 0.3) is 0 Å². The Kier molecular flexibility index (Phi) is 12.9. The normalized spacial score (nSPS) is 14.1. The largest absolute Gasteiger partial charge is 0.453 e. The summed E-state index contributed by atoms with van der Waals surface area (Å²) < 4.78 is 12.5. The van der Waals surface area contributed by atoms with Gasteiger partial charge in [0.1, 0.15) is 11.2 Å². The fourth-order valence-corrected chi connectivity index (χ4v) is 4.14. The van der Waals surface area contributed by atoms with E-state index in [1.807, 2.05) is 6.92 Å². The zero-order valence-electron chi connectivity index (χ0n) is 18.4. The standard InChI is InChI=1S/C23H44O3/c1-8-13-14-15-16-17-19-23(18-9-2,26-21(24)20(6)7)22(10-3,11-4)25-12-5/h6,8-19H2,1-5,7H3. The molecule has 0 radical (unpaired) electrons. The minimum absolute atomic E-state index is 0.282. The zero-order chi connectivity index (χ0) is 20.1. The SMILES string of the molecule is C=C(C)C(=O)OC(CCC)(CCCCCCCC)C(CC)(CC)OCC. The van der Waals surface area contributed by atoms with Crippen molar-refractivity contribution in [2.24, 2.45) is 0 Å². The number of carbonyl (C=O) groups is 1. The average molecular weight is 369 g/mol. The number of hydrogen-bond acceptors (Lipinski definition) is 3. The molecule has 0 aliphatic carbocycles. The molecule has 0 aromatic carbocycles. The Hall–Kier alpha value is -0.830. The molecular weight excluding hydrogens is 324 g/mol. The van der Waals surface area contributed by atoms with Crippen molar-refractivity contribution in [1.29, 1.82) is 0 Å². The molecule has 0 spiro atoms. The first-order valence-electron chi connectivity index (χ1n) is 10.9. The van der Waals surface area contributed by atoms with Crippen LogP contribution in [0.15, 0.2) is 12.2 Å². The van der Waals surface area contributed by atoms with Crippen LogP contribution in [0.3, 0.4) is 0 Å². The molecule has 1 atom stereocenters. The predicted octanol–water partition coefficient (Wildman–Crippen LogP) is 6.99. The fourth-order valence-electron chi connectivity index (χ4n) is 4.14. The van der Waals surface area contributed by atoms with Crippen molar-refractivity contribution in [3.8, 4) is 0 Å². The third kappa shape index (κ3) is 7.06. The Morgan fingerprint density at radius 1 is 0.808 bits per heavy atom. The summed E-state index contributed by atoms with van der Waals surface area (Å²) in [5.41, 5.74) is -0.528. The van der Waals surface area contributed by atoms with E-state index >= 15 is 0 Å². The molecule has 0 aliphatic heterocycles. The molecule has 0 saturated carbocycles. The Morgan fingerprint density at radius 3 is 1.85 bits per heavy atom. The van der Waals surface area contributed by atoms with Crippen molar-refractivity contribution in [1.82, 2.24) is 0 Å². The molecule has 3 nitrogen and oxygen atoms in total. The quantitative estimate of drug-likeness (QED) is 0.167. The lowest BCUT2D eigenvalue weighted by Gasteiger charge is -2.49. The highest BCUT2D eigenvalue weighted by molar-refractivity contribution is 5.87. The second kappa shape index (κ2) is 13.4. The van der Waals surface area contributed by atoms with E-state index in [1.54, 1.807) is 6.92 Å². The number of esters is 1. The van der Waals surface area contributed by atoms with Crippen LogP contribution in [0.2, 0.25) is 0 Å². The monoisotopic (exact) mass is 368 g/mol. The van der Waals surface area contributed by atoms with Gasteiger partial charge in [-0.15, -0.1) is 0 Å². The smallest absolute Gasteiger partial charge is 0.333 e. The summed E-state index contributed by atoms with van der Waals surface area (Å²) in [7, 11) is 0. The minimum Gasteiger partial charge on any atom is -0.453 e. The second-order valence-corrected chi connectivity index (χ2v) is 7.57. The molecule has 1 unspecified atom stereocenters. The molecule has 0 heterocycles. The molecule has 0 N–H and O–H groups in total. The first-order chi connectivity index (χ1) is 12.4. The Balaban J connectivity index is 5.53. The molecule has 0 rings (SSSR count). The highest BCUT2D eigenvalue weighted by Gasteiger charge is 2.52. The van der Waals surface area contributed by atoms with Crippen molar-refractivity contribution in [2.45, 2.75) is 123 Å². The van der Waals surface area contributed by atoms with Gasteiger partial charge in [0, 0.05) is 12.2 Å². The number of ether oxygens (including phenoxy) is 2. The molecule has 0 saturated heterocycles. The number of carbonyl (C=O) groups excluding carboxylic acids is 1. The van der Waals surface area contributed by atoms with Crippen LogP contribution in [0.4, 0.5) is 0 Å². The van der Waals surface area contributed by atoms with Crippen molar-refractivity contribution >= 4 is 5.97 Å². The first-order valence-corrected chi connectivity index (χ1v) is 10.9. The maximum Gasteiger partial charge on any atom is 0.333 e. The summed E-state index contributed by atoms with van der Waals surface area (Å²) in [5, 5.41) is 0. The van der Waals surface area contributed by atoms with E-state index in [1.165, 1.54) is 32.1 Å². The van der Waals surface area contributed by atoms with Crippen LogP contribution in [0, 0.1) is 0 Å². The van der Waals surface area contributed by atoms with E-state index in [9.17, 15) is 4.79 Å². The van der Waals surface area contributed by atoms with Crippen LogP contribution in [0.1, 0.15) is 112 Å². The summed E-state index contributed by atoms with van der Waals surface area (Å²) in [6, 6.07) is 0. The predicted molar refractivity (Wildman–Crippen MR) is 111 cm³/mol. The second-order valence-electron chi connectivity index (χ2n) is 7.57. The van der Waals surface area contributed by atoms with E-state index in [2.05, 4.69) is 34.3 Å². The first kappa shape index (κ1) is 25.2. The molecule has 0 fully saturated rings. The van der Waals surface area contributed by atoms with Crippen LogP contribution in [-0.2, 0) is 14.3 Å². The van der Waals surface area contributed by atoms with E-state index in [4.69, 9.17) is 9.47 Å². The Bertz CT molecular complexity index is 398. The summed E-state index contributed by atoms with van der Waals surface area (Å²) in [5.74, 6) is -0.282. The van der Waals surface area contributed by atoms with Gasteiger partial charge in [-0.3, -0.25) is 0 Å². The Morgan fingerprint density at radius 2 is 1.38 bits per heavy atom. The van der Waals surface area contributed by atoms with Crippen molar-refractivity contribution in [3.63, 3.8) is 0 Å². The van der Waals surface area contributed by atoms with Crippen molar-refractivity contribution < 1.29 is 14.3 Å². The van der Waals surface area contributed by atoms with Gasteiger partial charge in [-0.25, -0.2) is 4.79 Å². The number of unbranched alkanes of at least 4 members (excludes halogenated alkanes) is 5. The molecule has 0 aromatic rings. The summed E-state index contributed by atoms with van der Waals surface area (Å²) >= 11 is 0. The number of rotatable bonds is 16. The van der Waals surface area contributed by atoms with E-state index < -0.39 is 11.2 Å². The van der Waals surface area contributed by atoms with Crippen LogP contribution < -0.4 is 0 Å². The summed E-state index contributed by atoms with van der Waals surface area (Å²) in [6.07, 6.45) is 11.7. The maximum atomic E-state index is 12.5. The molecule has 0 amide bonds. The van der Waals surface area contributed by atoms with Gasteiger partial charge < -0.3 is 9.47 Å². The number of hydrogen-bond donors (Lipinski definition) is 0. The molecular formula is C23H44O3. The highest BCUT2D eigenvalue weighted by Crippen LogP contribution is 2.44. The molecule has 3 heteroatoms. The topological polar surface area (TPSA) is 35.5 Å².